The van der Waals surface area contributed by atoms with Gasteiger partial charge in [-0.15, -0.1) is 0 Å². The Morgan fingerprint density at radius 3 is 2.41 bits per heavy atom. The predicted octanol–water partition coefficient (Wildman–Crippen LogP) is 5.15. The van der Waals surface area contributed by atoms with E-state index in [9.17, 15) is 9.59 Å². The second-order valence-electron chi connectivity index (χ2n) is 5.63. The van der Waals surface area contributed by atoms with E-state index in [1.165, 1.54) is 4.90 Å². The van der Waals surface area contributed by atoms with Crippen LogP contribution in [0, 0.1) is 7.14 Å². The Balaban J connectivity index is 1.86. The Hall–Kier alpha value is -1.27. The van der Waals surface area contributed by atoms with Crippen molar-refractivity contribution in [2.45, 2.75) is 6.54 Å². The van der Waals surface area contributed by atoms with Crippen LogP contribution in [0.3, 0.4) is 0 Å². The maximum absolute atomic E-state index is 12.7. The minimum atomic E-state index is -0.284. The molecule has 0 unspecified atom stereocenters. The molecule has 0 aliphatic carbocycles. The van der Waals surface area contributed by atoms with Crippen LogP contribution in [0.25, 0.3) is 6.08 Å². The highest BCUT2D eigenvalue weighted by Gasteiger charge is 2.35. The fourth-order valence-corrected chi connectivity index (χ4v) is 4.62. The molecular weight excluding hydrogens is 592 g/mol. The van der Waals surface area contributed by atoms with Gasteiger partial charge < -0.3 is 9.47 Å². The van der Waals surface area contributed by atoms with E-state index in [-0.39, 0.29) is 17.7 Å². The molecule has 2 amide bonds. The van der Waals surface area contributed by atoms with Gasteiger partial charge >= 0.3 is 0 Å². The zero-order valence-electron chi connectivity index (χ0n) is 14.5. The topological polar surface area (TPSA) is 55.8 Å². The predicted molar refractivity (Wildman–Crippen MR) is 123 cm³/mol. The van der Waals surface area contributed by atoms with Crippen molar-refractivity contribution < 1.29 is 19.1 Å². The Morgan fingerprint density at radius 1 is 1.07 bits per heavy atom. The first-order valence-corrected chi connectivity index (χ1v) is 10.8. The molecule has 2 aromatic rings. The molecular formula is C19H15I2NO4S. The summed E-state index contributed by atoms with van der Waals surface area (Å²) in [6.07, 6.45) is 1.71. The second kappa shape index (κ2) is 8.82. The number of carbonyl (C=O) groups excluding carboxylic acids is 2. The number of thioether (sulfide) groups is 1. The Morgan fingerprint density at radius 2 is 1.78 bits per heavy atom. The van der Waals surface area contributed by atoms with Gasteiger partial charge in [0.25, 0.3) is 11.1 Å². The third-order valence-electron chi connectivity index (χ3n) is 3.88. The summed E-state index contributed by atoms with van der Waals surface area (Å²) >= 11 is 5.32. The summed E-state index contributed by atoms with van der Waals surface area (Å²) < 4.78 is 12.6. The van der Waals surface area contributed by atoms with E-state index in [0.29, 0.717) is 16.4 Å². The van der Waals surface area contributed by atoms with Crippen molar-refractivity contribution in [3.8, 4) is 11.5 Å². The number of hydrogen-bond acceptors (Lipinski definition) is 5. The number of halogens is 2. The first kappa shape index (κ1) is 20.5. The third-order valence-corrected chi connectivity index (χ3v) is 6.31. The summed E-state index contributed by atoms with van der Waals surface area (Å²) in [7, 11) is 3.14. The maximum Gasteiger partial charge on any atom is 0.293 e. The zero-order chi connectivity index (χ0) is 19.6. The largest absolute Gasteiger partial charge is 0.493 e. The van der Waals surface area contributed by atoms with Crippen LogP contribution in [0.15, 0.2) is 41.3 Å². The van der Waals surface area contributed by atoms with Crippen LogP contribution in [0.5, 0.6) is 11.5 Å². The number of amides is 2. The van der Waals surface area contributed by atoms with Crippen LogP contribution in [0.2, 0.25) is 0 Å². The van der Waals surface area contributed by atoms with Crippen molar-refractivity contribution in [3.05, 3.63) is 59.6 Å². The molecule has 0 bridgehead atoms. The lowest BCUT2D eigenvalue weighted by atomic mass is 10.1. The molecule has 0 N–H and O–H groups in total. The highest BCUT2D eigenvalue weighted by atomic mass is 127. The molecule has 3 rings (SSSR count). The summed E-state index contributed by atoms with van der Waals surface area (Å²) in [5, 5.41) is -0.264. The van der Waals surface area contributed by atoms with Crippen molar-refractivity contribution in [2.24, 2.45) is 0 Å². The molecule has 27 heavy (non-hydrogen) atoms. The van der Waals surface area contributed by atoms with Crippen molar-refractivity contribution in [3.63, 3.8) is 0 Å². The number of benzene rings is 2. The lowest BCUT2D eigenvalue weighted by molar-refractivity contribution is -0.123. The van der Waals surface area contributed by atoms with Crippen molar-refractivity contribution in [1.29, 1.82) is 0 Å². The minimum absolute atomic E-state index is 0.264. The SMILES string of the molecule is COc1cc(/C=C2/SC(=O)N(Cc3ccc(I)cc3)C2=O)cc(I)c1OC. The molecule has 1 aliphatic heterocycles. The summed E-state index contributed by atoms with van der Waals surface area (Å²) in [5.41, 5.74) is 1.69. The van der Waals surface area contributed by atoms with Gasteiger partial charge in [-0.2, -0.15) is 0 Å². The molecule has 0 atom stereocenters. The van der Waals surface area contributed by atoms with Gasteiger partial charge in [-0.25, -0.2) is 0 Å². The Bertz CT molecular complexity index is 928. The van der Waals surface area contributed by atoms with Gasteiger partial charge in [0.15, 0.2) is 11.5 Å². The molecule has 1 saturated heterocycles. The zero-order valence-corrected chi connectivity index (χ0v) is 19.6. The number of ether oxygens (including phenoxy) is 2. The van der Waals surface area contributed by atoms with E-state index in [0.717, 1.165) is 30.0 Å². The van der Waals surface area contributed by atoms with Gasteiger partial charge in [-0.05, 0) is 98.4 Å². The number of hydrogen-bond donors (Lipinski definition) is 0. The molecule has 1 aliphatic rings. The Kier molecular flexibility index (Phi) is 6.69. The van der Waals surface area contributed by atoms with Crippen LogP contribution in [-0.2, 0) is 11.3 Å². The molecule has 140 valence electrons. The van der Waals surface area contributed by atoms with E-state index in [1.807, 2.05) is 30.3 Å². The van der Waals surface area contributed by atoms with Gasteiger partial charge in [0.05, 0.1) is 29.2 Å². The molecule has 0 spiro atoms. The summed E-state index contributed by atoms with van der Waals surface area (Å²) in [6, 6.07) is 11.4. The average molecular weight is 607 g/mol. The number of imide groups is 1. The molecule has 8 heteroatoms. The van der Waals surface area contributed by atoms with Crippen LogP contribution in [-0.4, -0.2) is 30.3 Å². The number of nitrogens with zero attached hydrogens (tertiary/aromatic N) is 1. The third kappa shape index (κ3) is 4.60. The fourth-order valence-electron chi connectivity index (χ4n) is 2.58. The van der Waals surface area contributed by atoms with E-state index in [4.69, 9.17) is 9.47 Å². The molecule has 0 radical (unpaired) electrons. The minimum Gasteiger partial charge on any atom is -0.493 e. The van der Waals surface area contributed by atoms with Crippen LogP contribution < -0.4 is 9.47 Å². The standard InChI is InChI=1S/C19H15I2NO4S/c1-25-15-8-12(7-14(21)17(15)26-2)9-16-18(23)22(19(24)27-16)10-11-3-5-13(20)6-4-11/h3-9H,10H2,1-2H3/b16-9+. The molecule has 0 aromatic heterocycles. The van der Waals surface area contributed by atoms with Crippen LogP contribution in [0.1, 0.15) is 11.1 Å². The second-order valence-corrected chi connectivity index (χ2v) is 9.03. The molecule has 1 fully saturated rings. The van der Waals surface area contributed by atoms with Crippen LogP contribution >= 0.6 is 56.9 Å². The quantitative estimate of drug-likeness (QED) is 0.348. The van der Waals surface area contributed by atoms with Gasteiger partial charge in [-0.3, -0.25) is 14.5 Å². The normalized spacial score (nSPS) is 15.6. The molecule has 0 saturated carbocycles. The number of rotatable bonds is 5. The monoisotopic (exact) mass is 607 g/mol. The van der Waals surface area contributed by atoms with Gasteiger partial charge in [0.1, 0.15) is 0 Å². The fraction of sp³-hybridized carbons (Fsp3) is 0.158. The van der Waals surface area contributed by atoms with E-state index in [2.05, 4.69) is 45.2 Å². The molecule has 1 heterocycles. The van der Waals surface area contributed by atoms with Gasteiger partial charge in [0.2, 0.25) is 0 Å². The summed E-state index contributed by atoms with van der Waals surface area (Å²) in [5.74, 6) is 0.934. The number of methoxy groups -OCH3 is 2. The van der Waals surface area contributed by atoms with E-state index >= 15 is 0 Å². The van der Waals surface area contributed by atoms with E-state index < -0.39 is 0 Å². The van der Waals surface area contributed by atoms with Crippen LogP contribution in [0.4, 0.5) is 4.79 Å². The van der Waals surface area contributed by atoms with Gasteiger partial charge in [0, 0.05) is 3.57 Å². The van der Waals surface area contributed by atoms with Crippen molar-refractivity contribution in [2.75, 3.05) is 14.2 Å². The van der Waals surface area contributed by atoms with Crippen molar-refractivity contribution >= 4 is 74.2 Å². The average Bonchev–Trinajstić information content (AvgIpc) is 2.90. The molecule has 5 nitrogen and oxygen atoms in total. The first-order valence-electron chi connectivity index (χ1n) is 7.84. The summed E-state index contributed by atoms with van der Waals surface area (Å²) in [6.45, 7) is 0.266. The Labute approximate surface area is 188 Å². The van der Waals surface area contributed by atoms with Crippen molar-refractivity contribution in [1.82, 2.24) is 4.90 Å². The molecule has 2 aromatic carbocycles. The van der Waals surface area contributed by atoms with E-state index in [1.54, 1.807) is 26.4 Å². The maximum atomic E-state index is 12.7. The summed E-state index contributed by atoms with van der Waals surface area (Å²) in [4.78, 5) is 26.7. The number of carbonyl (C=O) groups is 2. The highest BCUT2D eigenvalue weighted by molar-refractivity contribution is 14.1. The first-order chi connectivity index (χ1) is 12.9. The lowest BCUT2D eigenvalue weighted by Gasteiger charge is -2.12. The van der Waals surface area contributed by atoms with Gasteiger partial charge in [-0.1, -0.05) is 12.1 Å². The smallest absolute Gasteiger partial charge is 0.293 e. The highest BCUT2D eigenvalue weighted by Crippen LogP contribution is 2.37. The lowest BCUT2D eigenvalue weighted by Crippen LogP contribution is -2.27.